The minimum Gasteiger partial charge on any atom is -0.478 e. The second kappa shape index (κ2) is 6.16. The Balaban J connectivity index is 2.61. The average molecular weight is 221 g/mol. The van der Waals surface area contributed by atoms with E-state index in [1.807, 2.05) is 6.07 Å². The van der Waals surface area contributed by atoms with Gasteiger partial charge in [-0.1, -0.05) is 32.3 Å². The van der Waals surface area contributed by atoms with Crippen LogP contribution in [-0.2, 0) is 6.42 Å². The Morgan fingerprint density at radius 2 is 2.06 bits per heavy atom. The molecule has 3 nitrogen and oxygen atoms in total. The summed E-state index contributed by atoms with van der Waals surface area (Å²) in [6.45, 7) is 2.17. The maximum absolute atomic E-state index is 10.9. The van der Waals surface area contributed by atoms with Crippen LogP contribution in [0.15, 0.2) is 18.2 Å². The molecular formula is C13H19NO2. The predicted octanol–water partition coefficient (Wildman–Crippen LogP) is 3.09. The first-order valence-electron chi connectivity index (χ1n) is 5.77. The van der Waals surface area contributed by atoms with Crippen LogP contribution in [0.3, 0.4) is 0 Å². The van der Waals surface area contributed by atoms with E-state index in [0.717, 1.165) is 18.4 Å². The second-order valence-corrected chi connectivity index (χ2v) is 4.04. The molecule has 88 valence electrons. The molecule has 3 heteroatoms. The smallest absolute Gasteiger partial charge is 0.337 e. The van der Waals surface area contributed by atoms with Gasteiger partial charge in [0.1, 0.15) is 0 Å². The molecule has 0 atom stereocenters. The largest absolute Gasteiger partial charge is 0.478 e. The number of benzene rings is 1. The van der Waals surface area contributed by atoms with Gasteiger partial charge in [0.15, 0.2) is 0 Å². The summed E-state index contributed by atoms with van der Waals surface area (Å²) in [5.41, 5.74) is 7.20. The van der Waals surface area contributed by atoms with Crippen molar-refractivity contribution in [1.29, 1.82) is 0 Å². The number of hydrogen-bond acceptors (Lipinski definition) is 2. The fourth-order valence-electron chi connectivity index (χ4n) is 1.70. The quantitative estimate of drug-likeness (QED) is 0.573. The monoisotopic (exact) mass is 221 g/mol. The summed E-state index contributed by atoms with van der Waals surface area (Å²) in [4.78, 5) is 10.9. The Bertz CT molecular complexity index is 361. The van der Waals surface area contributed by atoms with Gasteiger partial charge < -0.3 is 10.8 Å². The van der Waals surface area contributed by atoms with E-state index in [1.165, 1.54) is 19.3 Å². The molecule has 1 rings (SSSR count). The molecule has 0 fully saturated rings. The van der Waals surface area contributed by atoms with Crippen LogP contribution in [0.4, 0.5) is 5.69 Å². The van der Waals surface area contributed by atoms with E-state index in [1.54, 1.807) is 12.1 Å². The van der Waals surface area contributed by atoms with E-state index >= 15 is 0 Å². The number of carboxylic acids is 1. The molecule has 0 unspecified atom stereocenters. The molecule has 16 heavy (non-hydrogen) atoms. The summed E-state index contributed by atoms with van der Waals surface area (Å²) in [6.07, 6.45) is 5.68. The Morgan fingerprint density at radius 3 is 2.69 bits per heavy atom. The number of carbonyl (C=O) groups is 1. The number of rotatable bonds is 6. The third kappa shape index (κ3) is 3.57. The van der Waals surface area contributed by atoms with Gasteiger partial charge in [0.05, 0.1) is 5.56 Å². The van der Waals surface area contributed by atoms with Crippen molar-refractivity contribution in [2.45, 2.75) is 39.0 Å². The van der Waals surface area contributed by atoms with Crippen molar-refractivity contribution in [3.05, 3.63) is 29.3 Å². The first-order chi connectivity index (χ1) is 7.65. The number of aromatic carboxylic acids is 1. The van der Waals surface area contributed by atoms with Crippen LogP contribution in [0.5, 0.6) is 0 Å². The van der Waals surface area contributed by atoms with Crippen molar-refractivity contribution >= 4 is 11.7 Å². The SMILES string of the molecule is CCCCCCc1ccc(N)c(C(=O)O)c1. The molecule has 0 bridgehead atoms. The maximum Gasteiger partial charge on any atom is 0.337 e. The number of nitrogen functional groups attached to an aromatic ring is 1. The topological polar surface area (TPSA) is 63.3 Å². The minimum absolute atomic E-state index is 0.216. The fraction of sp³-hybridized carbons (Fsp3) is 0.462. The molecule has 0 amide bonds. The van der Waals surface area contributed by atoms with Gasteiger partial charge >= 0.3 is 5.97 Å². The molecule has 1 aromatic rings. The van der Waals surface area contributed by atoms with Crippen molar-refractivity contribution in [3.63, 3.8) is 0 Å². The van der Waals surface area contributed by atoms with Crippen molar-refractivity contribution in [2.24, 2.45) is 0 Å². The van der Waals surface area contributed by atoms with E-state index in [0.29, 0.717) is 5.69 Å². The summed E-state index contributed by atoms with van der Waals surface area (Å²) < 4.78 is 0. The van der Waals surface area contributed by atoms with E-state index < -0.39 is 5.97 Å². The first-order valence-corrected chi connectivity index (χ1v) is 5.77. The molecule has 1 aromatic carbocycles. The highest BCUT2D eigenvalue weighted by molar-refractivity contribution is 5.93. The van der Waals surface area contributed by atoms with Gasteiger partial charge in [0.2, 0.25) is 0 Å². The Morgan fingerprint density at radius 1 is 1.31 bits per heavy atom. The van der Waals surface area contributed by atoms with Gasteiger partial charge in [-0.25, -0.2) is 4.79 Å². The molecule has 0 aliphatic carbocycles. The summed E-state index contributed by atoms with van der Waals surface area (Å²) >= 11 is 0. The minimum atomic E-state index is -0.951. The number of anilines is 1. The molecule has 0 saturated carbocycles. The van der Waals surface area contributed by atoms with Crippen LogP contribution in [0.2, 0.25) is 0 Å². The zero-order chi connectivity index (χ0) is 12.0. The molecule has 0 saturated heterocycles. The number of hydrogen-bond donors (Lipinski definition) is 2. The van der Waals surface area contributed by atoms with Gasteiger partial charge in [-0.2, -0.15) is 0 Å². The van der Waals surface area contributed by atoms with Crippen molar-refractivity contribution in [2.75, 3.05) is 5.73 Å². The lowest BCUT2D eigenvalue weighted by atomic mass is 10.0. The first kappa shape index (κ1) is 12.6. The van der Waals surface area contributed by atoms with Crippen LogP contribution in [-0.4, -0.2) is 11.1 Å². The number of aryl methyl sites for hydroxylation is 1. The summed E-state index contributed by atoms with van der Waals surface area (Å²) in [7, 11) is 0. The van der Waals surface area contributed by atoms with Crippen molar-refractivity contribution < 1.29 is 9.90 Å². The number of unbranched alkanes of at least 4 members (excludes halogenated alkanes) is 3. The zero-order valence-corrected chi connectivity index (χ0v) is 9.70. The van der Waals surface area contributed by atoms with Gasteiger partial charge in [-0.05, 0) is 30.5 Å². The van der Waals surface area contributed by atoms with Crippen molar-refractivity contribution in [3.8, 4) is 0 Å². The Labute approximate surface area is 96.3 Å². The standard InChI is InChI=1S/C13H19NO2/c1-2-3-4-5-6-10-7-8-12(14)11(9-10)13(15)16/h7-9H,2-6,14H2,1H3,(H,15,16). The lowest BCUT2D eigenvalue weighted by molar-refractivity contribution is 0.0698. The zero-order valence-electron chi connectivity index (χ0n) is 9.70. The van der Waals surface area contributed by atoms with Gasteiger partial charge in [-0.3, -0.25) is 0 Å². The third-order valence-electron chi connectivity index (χ3n) is 2.67. The van der Waals surface area contributed by atoms with Crippen LogP contribution >= 0.6 is 0 Å². The molecule has 0 aromatic heterocycles. The highest BCUT2D eigenvalue weighted by Crippen LogP contribution is 2.16. The lowest BCUT2D eigenvalue weighted by Crippen LogP contribution is -2.03. The van der Waals surface area contributed by atoms with Crippen LogP contribution < -0.4 is 5.73 Å². The highest BCUT2D eigenvalue weighted by atomic mass is 16.4. The van der Waals surface area contributed by atoms with Gasteiger partial charge in [0, 0.05) is 5.69 Å². The molecule has 0 aliphatic heterocycles. The maximum atomic E-state index is 10.9. The van der Waals surface area contributed by atoms with E-state index in [9.17, 15) is 4.79 Å². The summed E-state index contributed by atoms with van der Waals surface area (Å²) in [5.74, 6) is -0.951. The summed E-state index contributed by atoms with van der Waals surface area (Å²) in [5, 5.41) is 8.92. The van der Waals surface area contributed by atoms with Crippen LogP contribution in [0.1, 0.15) is 48.5 Å². The van der Waals surface area contributed by atoms with Gasteiger partial charge in [-0.15, -0.1) is 0 Å². The van der Waals surface area contributed by atoms with E-state index in [2.05, 4.69) is 6.92 Å². The lowest BCUT2D eigenvalue weighted by Gasteiger charge is -2.05. The molecule has 0 heterocycles. The van der Waals surface area contributed by atoms with Crippen molar-refractivity contribution in [1.82, 2.24) is 0 Å². The Kier molecular flexibility index (Phi) is 4.83. The highest BCUT2D eigenvalue weighted by Gasteiger charge is 2.08. The number of carboxylic acid groups (broad SMARTS) is 1. The van der Waals surface area contributed by atoms with E-state index in [-0.39, 0.29) is 5.56 Å². The summed E-state index contributed by atoms with van der Waals surface area (Å²) in [6, 6.07) is 5.27. The average Bonchev–Trinajstić information content (AvgIpc) is 2.26. The van der Waals surface area contributed by atoms with Crippen LogP contribution in [0, 0.1) is 0 Å². The second-order valence-electron chi connectivity index (χ2n) is 4.04. The normalized spacial score (nSPS) is 10.3. The molecule has 3 N–H and O–H groups in total. The molecule has 0 aliphatic rings. The predicted molar refractivity (Wildman–Crippen MR) is 65.7 cm³/mol. The fourth-order valence-corrected chi connectivity index (χ4v) is 1.70. The van der Waals surface area contributed by atoms with E-state index in [4.69, 9.17) is 10.8 Å². The molecule has 0 spiro atoms. The molecular weight excluding hydrogens is 202 g/mol. The van der Waals surface area contributed by atoms with Gasteiger partial charge in [0.25, 0.3) is 0 Å². The molecule has 0 radical (unpaired) electrons. The Hall–Kier alpha value is -1.51. The van der Waals surface area contributed by atoms with Crippen LogP contribution in [0.25, 0.3) is 0 Å². The third-order valence-corrected chi connectivity index (χ3v) is 2.67. The number of nitrogens with two attached hydrogens (primary N) is 1.